The van der Waals surface area contributed by atoms with E-state index in [9.17, 15) is 9.59 Å². The molecule has 1 fully saturated rings. The molecule has 0 aliphatic carbocycles. The van der Waals surface area contributed by atoms with Gasteiger partial charge in [-0.15, -0.1) is 6.58 Å². The van der Waals surface area contributed by atoms with Crippen LogP contribution in [0.1, 0.15) is 25.7 Å². The second-order valence-electron chi connectivity index (χ2n) is 5.36. The molecule has 1 N–H and O–H groups in total. The number of aromatic nitrogens is 1. The largest absolute Gasteiger partial charge is 0.342 e. The highest BCUT2D eigenvalue weighted by Gasteiger charge is 2.28. The Balaban J connectivity index is 1.90. The van der Waals surface area contributed by atoms with Crippen LogP contribution in [0.15, 0.2) is 35.5 Å². The molecule has 2 heterocycles. The third-order valence-corrected chi connectivity index (χ3v) is 4.15. The first-order chi connectivity index (χ1) is 10.6. The van der Waals surface area contributed by atoms with Crippen LogP contribution >= 0.6 is 15.9 Å². The Bertz CT molecular complexity index is 545. The van der Waals surface area contributed by atoms with E-state index in [2.05, 4.69) is 32.8 Å². The Morgan fingerprint density at radius 2 is 2.32 bits per heavy atom. The number of nitrogens with one attached hydrogen (secondary N) is 1. The lowest BCUT2D eigenvalue weighted by atomic mass is 9.96. The molecule has 0 aromatic carbocycles. The normalized spacial score (nSPS) is 17.9. The Morgan fingerprint density at radius 3 is 3.00 bits per heavy atom. The lowest BCUT2D eigenvalue weighted by Gasteiger charge is -2.32. The first-order valence-electron chi connectivity index (χ1n) is 7.41. The number of hydrogen-bond acceptors (Lipinski definition) is 3. The van der Waals surface area contributed by atoms with Crippen molar-refractivity contribution in [1.82, 2.24) is 9.88 Å². The van der Waals surface area contributed by atoms with E-state index in [-0.39, 0.29) is 17.7 Å². The first kappa shape index (κ1) is 16.7. The van der Waals surface area contributed by atoms with Crippen molar-refractivity contribution in [2.24, 2.45) is 5.92 Å². The van der Waals surface area contributed by atoms with Crippen LogP contribution < -0.4 is 5.32 Å². The van der Waals surface area contributed by atoms with Crippen LogP contribution in [0.4, 0.5) is 5.82 Å². The zero-order valence-electron chi connectivity index (χ0n) is 12.4. The van der Waals surface area contributed by atoms with E-state index in [1.54, 1.807) is 23.2 Å². The molecule has 0 saturated carbocycles. The van der Waals surface area contributed by atoms with Crippen molar-refractivity contribution in [3.63, 3.8) is 0 Å². The third kappa shape index (κ3) is 4.66. The minimum atomic E-state index is -0.174. The van der Waals surface area contributed by atoms with Crippen molar-refractivity contribution in [3.8, 4) is 0 Å². The van der Waals surface area contributed by atoms with E-state index in [1.165, 1.54) is 0 Å². The molecule has 1 atom stereocenters. The van der Waals surface area contributed by atoms with Gasteiger partial charge in [-0.25, -0.2) is 4.98 Å². The van der Waals surface area contributed by atoms with Gasteiger partial charge >= 0.3 is 0 Å². The molecule has 2 rings (SSSR count). The van der Waals surface area contributed by atoms with Crippen LogP contribution in [0.2, 0.25) is 0 Å². The molecule has 0 radical (unpaired) electrons. The van der Waals surface area contributed by atoms with Crippen molar-refractivity contribution in [2.75, 3.05) is 18.4 Å². The summed E-state index contributed by atoms with van der Waals surface area (Å²) >= 11 is 3.31. The summed E-state index contributed by atoms with van der Waals surface area (Å²) in [4.78, 5) is 30.3. The van der Waals surface area contributed by atoms with Crippen LogP contribution in [-0.4, -0.2) is 34.8 Å². The minimum absolute atomic E-state index is 0.0731. The number of pyridine rings is 1. The number of allylic oxidation sites excluding steroid dienone is 1. The minimum Gasteiger partial charge on any atom is -0.342 e. The quantitative estimate of drug-likeness (QED) is 0.815. The summed E-state index contributed by atoms with van der Waals surface area (Å²) in [5.41, 5.74) is 0. The van der Waals surface area contributed by atoms with E-state index in [4.69, 9.17) is 0 Å². The number of hydrogen-bond donors (Lipinski definition) is 1. The van der Waals surface area contributed by atoms with Gasteiger partial charge in [-0.05, 0) is 47.3 Å². The second-order valence-corrected chi connectivity index (χ2v) is 6.27. The summed E-state index contributed by atoms with van der Waals surface area (Å²) < 4.78 is 0.863. The van der Waals surface area contributed by atoms with Crippen molar-refractivity contribution >= 4 is 33.6 Å². The van der Waals surface area contributed by atoms with Gasteiger partial charge in [0.05, 0.1) is 5.92 Å². The number of amides is 2. The number of piperidine rings is 1. The Kier molecular flexibility index (Phi) is 6.12. The molecule has 1 aliphatic rings. The fraction of sp³-hybridized carbons (Fsp3) is 0.438. The van der Waals surface area contributed by atoms with Crippen LogP contribution in [-0.2, 0) is 9.59 Å². The summed E-state index contributed by atoms with van der Waals surface area (Å²) in [6, 6.07) is 3.58. The van der Waals surface area contributed by atoms with E-state index in [0.29, 0.717) is 25.2 Å². The number of halogens is 1. The molecule has 0 unspecified atom stereocenters. The number of carbonyl (C=O) groups is 2. The zero-order chi connectivity index (χ0) is 15.9. The highest BCUT2D eigenvalue weighted by Crippen LogP contribution is 2.19. The smallest absolute Gasteiger partial charge is 0.230 e. The lowest BCUT2D eigenvalue weighted by Crippen LogP contribution is -2.43. The molecule has 2 amide bonds. The second kappa shape index (κ2) is 8.08. The van der Waals surface area contributed by atoms with Crippen LogP contribution in [0.5, 0.6) is 0 Å². The lowest BCUT2D eigenvalue weighted by molar-refractivity contribution is -0.134. The maximum absolute atomic E-state index is 12.3. The van der Waals surface area contributed by atoms with Crippen LogP contribution in [0.3, 0.4) is 0 Å². The van der Waals surface area contributed by atoms with Gasteiger partial charge in [-0.1, -0.05) is 6.08 Å². The summed E-state index contributed by atoms with van der Waals surface area (Å²) in [7, 11) is 0. The van der Waals surface area contributed by atoms with Crippen molar-refractivity contribution in [1.29, 1.82) is 0 Å². The van der Waals surface area contributed by atoms with Gasteiger partial charge in [-0.3, -0.25) is 9.59 Å². The standard InChI is InChI=1S/C16H20BrN3O2/c1-2-3-6-15(21)20-9-4-5-12(11-20)16(22)19-14-8-7-13(17)10-18-14/h2,7-8,10,12H,1,3-6,9,11H2,(H,18,19,22)/t12-/m1/s1. The molecule has 22 heavy (non-hydrogen) atoms. The molecule has 0 bridgehead atoms. The van der Waals surface area contributed by atoms with Gasteiger partial charge in [0, 0.05) is 30.2 Å². The maximum atomic E-state index is 12.3. The van der Waals surface area contributed by atoms with E-state index >= 15 is 0 Å². The molecule has 1 saturated heterocycles. The maximum Gasteiger partial charge on any atom is 0.230 e. The predicted octanol–water partition coefficient (Wildman–Crippen LogP) is 2.99. The van der Waals surface area contributed by atoms with Gasteiger partial charge in [0.2, 0.25) is 11.8 Å². The Hall–Kier alpha value is -1.69. The zero-order valence-corrected chi connectivity index (χ0v) is 14.0. The summed E-state index contributed by atoms with van der Waals surface area (Å²) in [5.74, 6) is 0.380. The molecule has 1 aliphatic heterocycles. The number of likely N-dealkylation sites (tertiary alicyclic amines) is 1. The third-order valence-electron chi connectivity index (χ3n) is 3.69. The average molecular weight is 366 g/mol. The molecule has 118 valence electrons. The number of anilines is 1. The monoisotopic (exact) mass is 365 g/mol. The molecular weight excluding hydrogens is 346 g/mol. The summed E-state index contributed by atoms with van der Waals surface area (Å²) in [6.07, 6.45) is 6.17. The Labute approximate surface area is 138 Å². The molecule has 1 aromatic rings. The van der Waals surface area contributed by atoms with Crippen molar-refractivity contribution in [3.05, 3.63) is 35.5 Å². The highest BCUT2D eigenvalue weighted by molar-refractivity contribution is 9.10. The SMILES string of the molecule is C=CCCC(=O)N1CCC[C@@H](C(=O)Nc2ccc(Br)cn2)C1. The topological polar surface area (TPSA) is 62.3 Å². The van der Waals surface area contributed by atoms with Gasteiger partial charge in [-0.2, -0.15) is 0 Å². The van der Waals surface area contributed by atoms with Crippen molar-refractivity contribution < 1.29 is 9.59 Å². The number of rotatable bonds is 5. The number of nitrogens with zero attached hydrogens (tertiary/aromatic N) is 2. The van der Waals surface area contributed by atoms with E-state index in [1.807, 2.05) is 6.07 Å². The predicted molar refractivity (Wildman–Crippen MR) is 89.3 cm³/mol. The van der Waals surface area contributed by atoms with Gasteiger partial charge in [0.15, 0.2) is 0 Å². The van der Waals surface area contributed by atoms with E-state index < -0.39 is 0 Å². The highest BCUT2D eigenvalue weighted by atomic mass is 79.9. The van der Waals surface area contributed by atoms with Crippen LogP contribution in [0.25, 0.3) is 0 Å². The van der Waals surface area contributed by atoms with Crippen LogP contribution in [0, 0.1) is 5.92 Å². The number of carbonyl (C=O) groups excluding carboxylic acids is 2. The fourth-order valence-electron chi connectivity index (χ4n) is 2.48. The summed E-state index contributed by atoms with van der Waals surface area (Å²) in [6.45, 7) is 4.85. The average Bonchev–Trinajstić information content (AvgIpc) is 2.54. The molecule has 0 spiro atoms. The van der Waals surface area contributed by atoms with Gasteiger partial charge in [0.1, 0.15) is 5.82 Å². The van der Waals surface area contributed by atoms with Crippen molar-refractivity contribution in [2.45, 2.75) is 25.7 Å². The molecule has 1 aromatic heterocycles. The van der Waals surface area contributed by atoms with Gasteiger partial charge < -0.3 is 10.2 Å². The molecule has 5 nitrogen and oxygen atoms in total. The first-order valence-corrected chi connectivity index (χ1v) is 8.20. The van der Waals surface area contributed by atoms with Gasteiger partial charge in [0.25, 0.3) is 0 Å². The molecule has 6 heteroatoms. The molecular formula is C16H20BrN3O2. The summed E-state index contributed by atoms with van der Waals surface area (Å²) in [5, 5.41) is 2.82. The fourth-order valence-corrected chi connectivity index (χ4v) is 2.71. The Morgan fingerprint density at radius 1 is 1.50 bits per heavy atom. The van der Waals surface area contributed by atoms with E-state index in [0.717, 1.165) is 23.9 Å².